The molecule has 1 unspecified atom stereocenters. The van der Waals surface area contributed by atoms with E-state index in [1.165, 1.54) is 193 Å². The normalized spacial score (nSPS) is 11.9. The lowest BCUT2D eigenvalue weighted by atomic mass is 10.0. The van der Waals surface area contributed by atoms with Gasteiger partial charge in [-0.15, -0.1) is 0 Å². The van der Waals surface area contributed by atoms with Crippen molar-refractivity contribution in [3.05, 3.63) is 0 Å². The molecular weight excluding hydrogens is 683 g/mol. The van der Waals surface area contributed by atoms with Crippen LogP contribution in [-0.2, 0) is 19.1 Å². The maximum absolute atomic E-state index is 12.8. The number of carboxylic acids is 1. The molecule has 0 saturated heterocycles. The number of ether oxygens (including phenoxy) is 1. The molecule has 0 spiro atoms. The van der Waals surface area contributed by atoms with Crippen LogP contribution in [0.3, 0.4) is 0 Å². The first-order chi connectivity index (χ1) is 27.0. The quantitative estimate of drug-likeness (QED) is 0.0474. The van der Waals surface area contributed by atoms with Crippen LogP contribution < -0.4 is 5.32 Å². The molecule has 0 radical (unpaired) electrons. The highest BCUT2D eigenvalue weighted by Gasteiger charge is 2.14. The van der Waals surface area contributed by atoms with E-state index in [1.807, 2.05) is 0 Å². The Balaban J connectivity index is 3.99. The lowest BCUT2D eigenvalue weighted by molar-refractivity contribution is -0.150. The molecule has 0 aromatic carbocycles. The Morgan fingerprint density at radius 3 is 0.982 bits per heavy atom. The topological polar surface area (TPSA) is 92.7 Å². The minimum Gasteiger partial charge on any atom is -0.480 e. The average molecular weight is 778 g/mol. The summed E-state index contributed by atoms with van der Waals surface area (Å²) >= 11 is 0. The number of hydrogen-bond acceptors (Lipinski definition) is 4. The van der Waals surface area contributed by atoms with Gasteiger partial charge in [-0.2, -0.15) is 0 Å². The zero-order chi connectivity index (χ0) is 40.1. The van der Waals surface area contributed by atoms with Crippen molar-refractivity contribution in [2.75, 3.05) is 6.54 Å². The van der Waals surface area contributed by atoms with Gasteiger partial charge in [-0.1, -0.05) is 232 Å². The zero-order valence-electron chi connectivity index (χ0n) is 37.1. The number of hydrogen-bond donors (Lipinski definition) is 2. The summed E-state index contributed by atoms with van der Waals surface area (Å²) < 4.78 is 6.06. The van der Waals surface area contributed by atoms with Gasteiger partial charge in [-0.25, -0.2) is 0 Å². The monoisotopic (exact) mass is 778 g/mol. The number of aliphatic carboxylic acids is 1. The van der Waals surface area contributed by atoms with Gasteiger partial charge in [0, 0.05) is 12.8 Å². The number of rotatable bonds is 46. The zero-order valence-corrected chi connectivity index (χ0v) is 37.1. The number of carbonyl (C=O) groups excluding carboxylic acids is 2. The first-order valence-corrected chi connectivity index (χ1v) is 24.7. The predicted molar refractivity (Wildman–Crippen MR) is 236 cm³/mol. The van der Waals surface area contributed by atoms with E-state index in [2.05, 4.69) is 19.2 Å². The summed E-state index contributed by atoms with van der Waals surface area (Å²) in [6.07, 6.45) is 52.5. The van der Waals surface area contributed by atoms with Crippen molar-refractivity contribution < 1.29 is 24.2 Å². The molecule has 0 aliphatic rings. The number of nitrogens with one attached hydrogen (secondary N) is 1. The Hall–Kier alpha value is -1.59. The lowest BCUT2D eigenvalue weighted by Gasteiger charge is -2.18. The van der Waals surface area contributed by atoms with Crippen LogP contribution in [0, 0.1) is 0 Å². The Kier molecular flexibility index (Phi) is 43.8. The molecule has 0 aliphatic carbocycles. The molecule has 0 aliphatic heterocycles. The molecule has 0 bridgehead atoms. The first-order valence-electron chi connectivity index (χ1n) is 24.7. The van der Waals surface area contributed by atoms with Gasteiger partial charge in [0.1, 0.15) is 12.6 Å². The second-order valence-electron chi connectivity index (χ2n) is 17.1. The van der Waals surface area contributed by atoms with Gasteiger partial charge < -0.3 is 15.2 Å². The SMILES string of the molecule is CCCCCCCCCCCCCCCCCCCCCCCC(=O)OC(CCCCCCCCCCCCCC)CCCCCCCC(=O)NCC(=O)O. The smallest absolute Gasteiger partial charge is 0.322 e. The highest BCUT2D eigenvalue weighted by Crippen LogP contribution is 2.20. The maximum Gasteiger partial charge on any atom is 0.322 e. The van der Waals surface area contributed by atoms with Gasteiger partial charge in [0.15, 0.2) is 0 Å². The van der Waals surface area contributed by atoms with Crippen molar-refractivity contribution in [1.82, 2.24) is 5.32 Å². The van der Waals surface area contributed by atoms with Crippen LogP contribution in [0.2, 0.25) is 0 Å². The van der Waals surface area contributed by atoms with Gasteiger partial charge in [0.05, 0.1) is 0 Å². The van der Waals surface area contributed by atoms with E-state index < -0.39 is 5.97 Å². The van der Waals surface area contributed by atoms with E-state index in [1.54, 1.807) is 0 Å². The van der Waals surface area contributed by atoms with E-state index in [4.69, 9.17) is 9.84 Å². The molecule has 1 amide bonds. The highest BCUT2D eigenvalue weighted by atomic mass is 16.5. The summed E-state index contributed by atoms with van der Waals surface area (Å²) in [6.45, 7) is 4.26. The fourth-order valence-corrected chi connectivity index (χ4v) is 7.87. The average Bonchev–Trinajstić information content (AvgIpc) is 3.17. The summed E-state index contributed by atoms with van der Waals surface area (Å²) in [5.41, 5.74) is 0. The van der Waals surface area contributed by atoms with Gasteiger partial charge in [0.25, 0.3) is 0 Å². The van der Waals surface area contributed by atoms with Crippen LogP contribution in [-0.4, -0.2) is 35.6 Å². The van der Waals surface area contributed by atoms with E-state index >= 15 is 0 Å². The fraction of sp³-hybridized carbons (Fsp3) is 0.939. The summed E-state index contributed by atoms with van der Waals surface area (Å²) in [5, 5.41) is 11.1. The summed E-state index contributed by atoms with van der Waals surface area (Å²) in [7, 11) is 0. The van der Waals surface area contributed by atoms with Gasteiger partial charge in [-0.3, -0.25) is 14.4 Å². The number of unbranched alkanes of at least 4 members (excludes halogenated alkanes) is 35. The molecule has 0 saturated carbocycles. The fourth-order valence-electron chi connectivity index (χ4n) is 7.87. The van der Waals surface area contributed by atoms with Crippen LogP contribution in [0.25, 0.3) is 0 Å². The summed E-state index contributed by atoms with van der Waals surface area (Å²) in [4.78, 5) is 35.1. The predicted octanol–water partition coefficient (Wildman–Crippen LogP) is 15.5. The molecule has 2 N–H and O–H groups in total. The third-order valence-electron chi connectivity index (χ3n) is 11.5. The van der Waals surface area contributed by atoms with Crippen molar-refractivity contribution in [3.63, 3.8) is 0 Å². The van der Waals surface area contributed by atoms with Crippen molar-refractivity contribution in [3.8, 4) is 0 Å². The highest BCUT2D eigenvalue weighted by molar-refractivity contribution is 5.80. The van der Waals surface area contributed by atoms with Gasteiger partial charge in [-0.05, 0) is 38.5 Å². The molecule has 326 valence electrons. The van der Waals surface area contributed by atoms with Crippen LogP contribution in [0.4, 0.5) is 0 Å². The van der Waals surface area contributed by atoms with Crippen molar-refractivity contribution in [2.24, 2.45) is 0 Å². The molecule has 0 heterocycles. The lowest BCUT2D eigenvalue weighted by Crippen LogP contribution is -2.28. The van der Waals surface area contributed by atoms with Crippen LogP contribution >= 0.6 is 0 Å². The van der Waals surface area contributed by atoms with E-state index in [0.717, 1.165) is 64.2 Å². The Morgan fingerprint density at radius 1 is 0.400 bits per heavy atom. The number of esters is 1. The molecule has 0 rings (SSSR count). The molecule has 0 fully saturated rings. The molecule has 6 heteroatoms. The largest absolute Gasteiger partial charge is 0.480 e. The van der Waals surface area contributed by atoms with Crippen LogP contribution in [0.1, 0.15) is 284 Å². The Morgan fingerprint density at radius 2 is 0.673 bits per heavy atom. The van der Waals surface area contributed by atoms with E-state index in [9.17, 15) is 14.4 Å². The molecule has 0 aromatic rings. The summed E-state index contributed by atoms with van der Waals surface area (Å²) in [6, 6.07) is 0. The first kappa shape index (κ1) is 53.4. The number of carboxylic acid groups (broad SMARTS) is 1. The van der Waals surface area contributed by atoms with Crippen LogP contribution in [0.15, 0.2) is 0 Å². The van der Waals surface area contributed by atoms with Crippen molar-refractivity contribution in [1.29, 1.82) is 0 Å². The third-order valence-corrected chi connectivity index (χ3v) is 11.5. The third kappa shape index (κ3) is 45.0. The summed E-state index contributed by atoms with van der Waals surface area (Å²) in [5.74, 6) is -1.20. The molecule has 55 heavy (non-hydrogen) atoms. The van der Waals surface area contributed by atoms with Crippen molar-refractivity contribution >= 4 is 17.8 Å². The standard InChI is InChI=1S/C49H95NO5/c1-3-5-7-9-11-13-15-17-18-19-20-21-22-23-24-25-27-29-31-36-40-44-49(54)55-46(41-37-33-30-28-26-16-14-12-10-8-6-4-2)42-38-34-32-35-39-43-47(51)50-45-48(52)53/h46H,3-45H2,1-2H3,(H,50,51)(H,52,53). The molecule has 0 aromatic heterocycles. The molecule has 6 nitrogen and oxygen atoms in total. The second kappa shape index (κ2) is 45.1. The Labute approximate surface area is 342 Å². The number of carbonyl (C=O) groups is 3. The molecular formula is C49H95NO5. The maximum atomic E-state index is 12.8. The van der Waals surface area contributed by atoms with Crippen molar-refractivity contribution in [2.45, 2.75) is 290 Å². The van der Waals surface area contributed by atoms with Gasteiger partial charge in [0.2, 0.25) is 5.91 Å². The molecule has 1 atom stereocenters. The number of amides is 1. The Bertz CT molecular complexity index is 817. The minimum absolute atomic E-state index is 0.00545. The second-order valence-corrected chi connectivity index (χ2v) is 17.1. The minimum atomic E-state index is -1.01. The van der Waals surface area contributed by atoms with Crippen LogP contribution in [0.5, 0.6) is 0 Å². The van der Waals surface area contributed by atoms with E-state index in [0.29, 0.717) is 12.8 Å². The van der Waals surface area contributed by atoms with E-state index in [-0.39, 0.29) is 24.5 Å². The van der Waals surface area contributed by atoms with Gasteiger partial charge >= 0.3 is 11.9 Å².